The lowest BCUT2D eigenvalue weighted by Gasteiger charge is -2.41. The number of ether oxygens (including phenoxy) is 5. The number of aliphatic hydroxyl groups is 6. The molecule has 3 fully saturated rings. The lowest BCUT2D eigenvalue weighted by Crippen LogP contribution is -2.57. The van der Waals surface area contributed by atoms with Crippen molar-refractivity contribution in [3.63, 3.8) is 0 Å². The Morgan fingerprint density at radius 2 is 1.27 bits per heavy atom. The highest BCUT2D eigenvalue weighted by Crippen LogP contribution is 2.31. The van der Waals surface area contributed by atoms with Crippen LogP contribution in [0.15, 0.2) is 60.7 Å². The van der Waals surface area contributed by atoms with Crippen molar-refractivity contribution in [1.82, 2.24) is 9.80 Å². The summed E-state index contributed by atoms with van der Waals surface area (Å²) in [5.41, 5.74) is 0.653. The van der Waals surface area contributed by atoms with E-state index in [0.717, 1.165) is 0 Å². The van der Waals surface area contributed by atoms with Gasteiger partial charge in [0.1, 0.15) is 42.2 Å². The molecule has 272 valence electrons. The van der Waals surface area contributed by atoms with Gasteiger partial charge in [0.25, 0.3) is 0 Å². The molecular formula is C35H50N2O12. The first-order valence-corrected chi connectivity index (χ1v) is 16.7. The maximum Gasteiger partial charge on any atom is 0.410 e. The molecule has 3 heterocycles. The Hall–Kier alpha value is -2.73. The number of carbonyl (C=O) groups is 1. The highest BCUT2D eigenvalue weighted by molar-refractivity contribution is 5.68. The quantitative estimate of drug-likeness (QED) is 0.193. The predicted octanol–water partition coefficient (Wildman–Crippen LogP) is 0.692. The van der Waals surface area contributed by atoms with Gasteiger partial charge in [-0.25, -0.2) is 4.79 Å². The topological polar surface area (TPSA) is 191 Å². The van der Waals surface area contributed by atoms with Crippen LogP contribution in [0.2, 0.25) is 0 Å². The molecule has 0 aliphatic carbocycles. The van der Waals surface area contributed by atoms with Crippen molar-refractivity contribution in [1.29, 1.82) is 0 Å². The molecule has 49 heavy (non-hydrogen) atoms. The van der Waals surface area contributed by atoms with Crippen LogP contribution in [-0.2, 0) is 23.7 Å². The summed E-state index contributed by atoms with van der Waals surface area (Å²) in [4.78, 5) is 16.1. The molecule has 3 aliphatic heterocycles. The van der Waals surface area contributed by atoms with E-state index in [1.165, 1.54) is 4.90 Å². The molecule has 0 radical (unpaired) electrons. The number of amides is 1. The molecular weight excluding hydrogens is 640 g/mol. The van der Waals surface area contributed by atoms with Gasteiger partial charge in [-0.05, 0) is 27.2 Å². The second-order valence-corrected chi connectivity index (χ2v) is 13.9. The smallest absolute Gasteiger partial charge is 0.410 e. The fraction of sp³-hybridized carbons (Fsp3) is 0.629. The van der Waals surface area contributed by atoms with E-state index in [1.807, 2.05) is 12.1 Å². The van der Waals surface area contributed by atoms with Crippen LogP contribution >= 0.6 is 0 Å². The number of rotatable bonds is 11. The van der Waals surface area contributed by atoms with Crippen molar-refractivity contribution in [3.8, 4) is 0 Å². The number of hydrogen-bond acceptors (Lipinski definition) is 13. The van der Waals surface area contributed by atoms with Crippen LogP contribution < -0.4 is 0 Å². The Morgan fingerprint density at radius 3 is 1.69 bits per heavy atom. The van der Waals surface area contributed by atoms with E-state index in [2.05, 4.69) is 0 Å². The average molecular weight is 691 g/mol. The first-order valence-electron chi connectivity index (χ1n) is 16.7. The normalized spacial score (nSPS) is 30.5. The minimum atomic E-state index is -1.56. The predicted molar refractivity (Wildman–Crippen MR) is 174 cm³/mol. The molecule has 6 unspecified atom stereocenters. The van der Waals surface area contributed by atoms with Gasteiger partial charge in [0.05, 0.1) is 25.4 Å². The summed E-state index contributed by atoms with van der Waals surface area (Å²) in [6.45, 7) is 5.14. The molecule has 0 spiro atoms. The van der Waals surface area contributed by atoms with E-state index < -0.39 is 79.1 Å². The lowest BCUT2D eigenvalue weighted by atomic mass is 9.98. The second-order valence-electron chi connectivity index (χ2n) is 13.9. The second kappa shape index (κ2) is 16.5. The highest BCUT2D eigenvalue weighted by Gasteiger charge is 2.44. The molecule has 2 aromatic rings. The van der Waals surface area contributed by atoms with Crippen LogP contribution in [0.3, 0.4) is 0 Å². The number of benzene rings is 2. The molecule has 1 amide bonds. The zero-order chi connectivity index (χ0) is 35.3. The molecule has 5 rings (SSSR count). The van der Waals surface area contributed by atoms with Gasteiger partial charge in [0.15, 0.2) is 12.6 Å². The van der Waals surface area contributed by atoms with E-state index in [0.29, 0.717) is 24.1 Å². The van der Waals surface area contributed by atoms with E-state index in [1.54, 1.807) is 74.2 Å². The number of likely N-dealkylation sites (tertiary alicyclic amines) is 1. The van der Waals surface area contributed by atoms with Crippen molar-refractivity contribution in [3.05, 3.63) is 71.8 Å². The van der Waals surface area contributed by atoms with Crippen molar-refractivity contribution >= 4 is 6.09 Å². The van der Waals surface area contributed by atoms with Gasteiger partial charge in [-0.15, -0.1) is 0 Å². The van der Waals surface area contributed by atoms with E-state index >= 15 is 0 Å². The Kier molecular flexibility index (Phi) is 12.7. The van der Waals surface area contributed by atoms with Crippen LogP contribution in [0.4, 0.5) is 4.79 Å². The number of carbonyl (C=O) groups excluding carboxylic acids is 1. The minimum Gasteiger partial charge on any atom is -0.444 e. The molecule has 0 bridgehead atoms. The largest absolute Gasteiger partial charge is 0.444 e. The number of hydrogen-bond donors (Lipinski definition) is 6. The fourth-order valence-corrected chi connectivity index (χ4v) is 6.33. The first-order chi connectivity index (χ1) is 23.3. The standard InChI is InChI=1S/C35H50N2O12/c1-35(2,3)49-34(44)36-15-14-23(16-36)37(17-24(38)28(42)30-26(40)19-45-32(47-30)21-10-6-4-7-11-21)18-25(39)29(43)31-27(41)20-46-33(48-31)22-12-8-5-9-13-22/h4-13,23-33,38-43H,14-20H2,1-3H3/t23-,24?,25?,26+,27+,28?,29?,30+,31+,32?,33?/m0/s1. The number of nitrogens with zero attached hydrogens (tertiary/aromatic N) is 2. The minimum absolute atomic E-state index is 0.131. The van der Waals surface area contributed by atoms with Crippen LogP contribution in [0, 0.1) is 0 Å². The maximum absolute atomic E-state index is 12.9. The average Bonchev–Trinajstić information content (AvgIpc) is 3.59. The van der Waals surface area contributed by atoms with Gasteiger partial charge in [0.2, 0.25) is 0 Å². The summed E-state index contributed by atoms with van der Waals surface area (Å²) in [5.74, 6) is 0. The van der Waals surface area contributed by atoms with Crippen molar-refractivity contribution in [2.45, 2.75) is 100 Å². The maximum atomic E-state index is 12.9. The Morgan fingerprint density at radius 1 is 0.816 bits per heavy atom. The molecule has 14 nitrogen and oxygen atoms in total. The van der Waals surface area contributed by atoms with Gasteiger partial charge >= 0.3 is 6.09 Å². The molecule has 2 aromatic carbocycles. The molecule has 3 saturated heterocycles. The van der Waals surface area contributed by atoms with Gasteiger partial charge in [-0.1, -0.05) is 60.7 Å². The third kappa shape index (κ3) is 9.74. The van der Waals surface area contributed by atoms with Crippen molar-refractivity contribution in [2.75, 3.05) is 39.4 Å². The molecule has 14 heteroatoms. The first kappa shape index (κ1) is 37.5. The summed E-state index contributed by atoms with van der Waals surface area (Å²) >= 11 is 0. The molecule has 11 atom stereocenters. The third-order valence-corrected chi connectivity index (χ3v) is 8.94. The molecule has 6 N–H and O–H groups in total. The van der Waals surface area contributed by atoms with Crippen LogP contribution in [0.5, 0.6) is 0 Å². The van der Waals surface area contributed by atoms with Gasteiger partial charge in [0, 0.05) is 43.3 Å². The van der Waals surface area contributed by atoms with Crippen LogP contribution in [0.1, 0.15) is 50.9 Å². The Balaban J connectivity index is 1.29. The summed E-state index contributed by atoms with van der Waals surface area (Å²) in [6, 6.07) is 17.6. The summed E-state index contributed by atoms with van der Waals surface area (Å²) in [6.07, 6.45) is -12.8. The van der Waals surface area contributed by atoms with Crippen molar-refractivity contribution < 1.29 is 59.1 Å². The van der Waals surface area contributed by atoms with Crippen LogP contribution in [0.25, 0.3) is 0 Å². The third-order valence-electron chi connectivity index (χ3n) is 8.94. The van der Waals surface area contributed by atoms with Gasteiger partial charge < -0.3 is 59.2 Å². The van der Waals surface area contributed by atoms with E-state index in [-0.39, 0.29) is 32.8 Å². The van der Waals surface area contributed by atoms with Gasteiger partial charge in [-0.2, -0.15) is 0 Å². The van der Waals surface area contributed by atoms with Gasteiger partial charge in [-0.3, -0.25) is 4.90 Å². The van der Waals surface area contributed by atoms with Crippen LogP contribution in [-0.4, -0.2) is 146 Å². The Labute approximate surface area is 286 Å². The van der Waals surface area contributed by atoms with E-state index in [9.17, 15) is 35.4 Å². The highest BCUT2D eigenvalue weighted by atomic mass is 16.7. The zero-order valence-electron chi connectivity index (χ0n) is 28.1. The summed E-state index contributed by atoms with van der Waals surface area (Å²) in [7, 11) is 0. The number of aliphatic hydroxyl groups excluding tert-OH is 6. The zero-order valence-corrected chi connectivity index (χ0v) is 28.1. The monoisotopic (exact) mass is 690 g/mol. The molecule has 3 aliphatic rings. The Bertz CT molecular complexity index is 1240. The SMILES string of the molecule is CC(C)(C)OC(=O)N1CC[C@H](N(CC(O)C(O)[C@@H]2OC(c3ccccc3)OC[C@H]2O)CC(O)C(O)[C@@H]2OC(c3ccccc3)OC[C@H]2O)C1. The summed E-state index contributed by atoms with van der Waals surface area (Å²) < 4.78 is 28.6. The molecule has 0 aromatic heterocycles. The molecule has 0 saturated carbocycles. The lowest BCUT2D eigenvalue weighted by molar-refractivity contribution is -0.285. The van der Waals surface area contributed by atoms with Crippen molar-refractivity contribution in [2.24, 2.45) is 0 Å². The van der Waals surface area contributed by atoms with E-state index in [4.69, 9.17) is 23.7 Å². The summed E-state index contributed by atoms with van der Waals surface area (Å²) in [5, 5.41) is 66.6. The fourth-order valence-electron chi connectivity index (χ4n) is 6.33.